The van der Waals surface area contributed by atoms with Crippen molar-refractivity contribution in [3.05, 3.63) is 71.2 Å². The second-order valence-electron chi connectivity index (χ2n) is 7.27. The van der Waals surface area contributed by atoms with Crippen LogP contribution in [0.1, 0.15) is 41.6 Å². The Bertz CT molecular complexity index is 718. The van der Waals surface area contributed by atoms with Crippen molar-refractivity contribution in [2.45, 2.75) is 32.1 Å². The van der Waals surface area contributed by atoms with E-state index in [1.54, 1.807) is 12.1 Å². The summed E-state index contributed by atoms with van der Waals surface area (Å²) >= 11 is 0. The minimum absolute atomic E-state index is 0.0637. The minimum atomic E-state index is -0.226. The van der Waals surface area contributed by atoms with E-state index in [0.29, 0.717) is 23.4 Å². The minimum Gasteiger partial charge on any atom is -0.619 e. The molecule has 1 aromatic heterocycles. The molecule has 2 heterocycles. The zero-order valence-corrected chi connectivity index (χ0v) is 15.0. The fraction of sp³-hybridized carbons (Fsp3) is 0.429. The molecule has 0 radical (unpaired) electrons. The highest BCUT2D eigenvalue weighted by Gasteiger charge is 2.36. The first kappa shape index (κ1) is 18.4. The van der Waals surface area contributed by atoms with Crippen LogP contribution in [0.5, 0.6) is 0 Å². The molecule has 3 rings (SSSR count). The van der Waals surface area contributed by atoms with Crippen molar-refractivity contribution in [2.24, 2.45) is 5.41 Å². The Kier molecular flexibility index (Phi) is 5.89. The molecule has 0 bridgehead atoms. The third kappa shape index (κ3) is 4.41. The molecule has 0 spiro atoms. The lowest BCUT2D eigenvalue weighted by Gasteiger charge is -2.42. The monoisotopic (exact) mass is 354 g/mol. The lowest BCUT2D eigenvalue weighted by molar-refractivity contribution is -0.605. The topological polar surface area (TPSA) is 67.5 Å². The summed E-state index contributed by atoms with van der Waals surface area (Å²) in [5.41, 5.74) is 1.60. The van der Waals surface area contributed by atoms with Gasteiger partial charge in [-0.05, 0) is 37.7 Å². The van der Waals surface area contributed by atoms with Crippen LogP contribution in [0.4, 0.5) is 0 Å². The van der Waals surface area contributed by atoms with Crippen molar-refractivity contribution in [3.8, 4) is 0 Å². The van der Waals surface area contributed by atoms with Gasteiger partial charge >= 0.3 is 0 Å². The molecule has 0 aliphatic carbocycles. The van der Waals surface area contributed by atoms with Crippen LogP contribution in [0.25, 0.3) is 0 Å². The number of likely N-dealkylation sites (tertiary alicyclic amines) is 1. The molecule has 26 heavy (non-hydrogen) atoms. The van der Waals surface area contributed by atoms with Crippen LogP contribution in [-0.2, 0) is 6.42 Å². The Morgan fingerprint density at radius 3 is 2.62 bits per heavy atom. The van der Waals surface area contributed by atoms with E-state index in [9.17, 15) is 15.1 Å². The van der Waals surface area contributed by atoms with Gasteiger partial charge in [0.25, 0.3) is 5.91 Å². The van der Waals surface area contributed by atoms with Crippen molar-refractivity contribution in [1.29, 1.82) is 0 Å². The first-order chi connectivity index (χ1) is 12.6. The lowest BCUT2D eigenvalue weighted by atomic mass is 9.76. The second-order valence-corrected chi connectivity index (χ2v) is 7.27. The number of carbonyl (C=O) groups excluding carboxylic acids is 1. The van der Waals surface area contributed by atoms with E-state index >= 15 is 0 Å². The summed E-state index contributed by atoms with van der Waals surface area (Å²) in [4.78, 5) is 14.6. The zero-order chi connectivity index (χ0) is 18.4. The average molecular weight is 354 g/mol. The Morgan fingerprint density at radius 1 is 1.19 bits per heavy atom. The van der Waals surface area contributed by atoms with Gasteiger partial charge in [-0.3, -0.25) is 4.79 Å². The number of aryl methyl sites for hydroxylation is 1. The molecule has 0 saturated carbocycles. The normalized spacial score (nSPS) is 20.1. The summed E-state index contributed by atoms with van der Waals surface area (Å²) in [6, 6.07) is 13.5. The Hall–Kier alpha value is -2.40. The number of rotatable bonds is 6. The van der Waals surface area contributed by atoms with Crippen molar-refractivity contribution in [3.63, 3.8) is 0 Å². The number of aromatic nitrogens is 1. The smallest absolute Gasteiger partial charge is 0.254 e. The summed E-state index contributed by atoms with van der Waals surface area (Å²) in [5.74, 6) is -0.0637. The van der Waals surface area contributed by atoms with E-state index in [0.717, 1.165) is 32.1 Å². The Labute approximate surface area is 154 Å². The second kappa shape index (κ2) is 8.32. The molecule has 138 valence electrons. The summed E-state index contributed by atoms with van der Waals surface area (Å²) < 4.78 is 0.675. The fourth-order valence-corrected chi connectivity index (χ4v) is 3.84. The first-order valence-electron chi connectivity index (χ1n) is 9.25. The van der Waals surface area contributed by atoms with E-state index in [1.165, 1.54) is 18.0 Å². The molecule has 5 nitrogen and oxygen atoms in total. The third-order valence-corrected chi connectivity index (χ3v) is 5.35. The van der Waals surface area contributed by atoms with E-state index in [1.807, 2.05) is 23.1 Å². The van der Waals surface area contributed by atoms with Gasteiger partial charge in [0.2, 0.25) is 0 Å². The summed E-state index contributed by atoms with van der Waals surface area (Å²) in [5, 5.41) is 21.2. The van der Waals surface area contributed by atoms with Crippen molar-refractivity contribution < 1.29 is 14.6 Å². The number of hydrogen-bond acceptors (Lipinski definition) is 3. The van der Waals surface area contributed by atoms with E-state index in [4.69, 9.17) is 0 Å². The van der Waals surface area contributed by atoms with Gasteiger partial charge < -0.3 is 15.2 Å². The molecule has 1 N–H and O–H groups in total. The molecule has 1 fully saturated rings. The molecule has 2 aromatic rings. The van der Waals surface area contributed by atoms with Gasteiger partial charge in [-0.2, -0.15) is 4.73 Å². The maximum atomic E-state index is 12.7. The lowest BCUT2D eigenvalue weighted by Crippen LogP contribution is -2.48. The van der Waals surface area contributed by atoms with Crippen molar-refractivity contribution in [2.75, 3.05) is 19.7 Å². The molecule has 1 amide bonds. The van der Waals surface area contributed by atoms with Crippen molar-refractivity contribution >= 4 is 5.91 Å². The maximum Gasteiger partial charge on any atom is 0.254 e. The Morgan fingerprint density at radius 2 is 1.92 bits per heavy atom. The average Bonchev–Trinajstić information content (AvgIpc) is 2.69. The molecule has 1 unspecified atom stereocenters. The molecule has 1 atom stereocenters. The number of nitrogens with zero attached hydrogens (tertiary/aromatic N) is 2. The van der Waals surface area contributed by atoms with Crippen LogP contribution in [0.3, 0.4) is 0 Å². The highest BCUT2D eigenvalue weighted by atomic mass is 16.5. The fourth-order valence-electron chi connectivity index (χ4n) is 3.84. The van der Waals surface area contributed by atoms with Crippen LogP contribution in [0.15, 0.2) is 54.9 Å². The van der Waals surface area contributed by atoms with Crippen LogP contribution in [0.2, 0.25) is 0 Å². The number of piperidine rings is 1. The highest BCUT2D eigenvalue weighted by molar-refractivity contribution is 5.94. The van der Waals surface area contributed by atoms with Crippen molar-refractivity contribution in [1.82, 2.24) is 4.90 Å². The number of aliphatic hydroxyl groups is 1. The molecule has 1 saturated heterocycles. The van der Waals surface area contributed by atoms with Gasteiger partial charge in [0.05, 0.1) is 12.2 Å². The van der Waals surface area contributed by atoms with Gasteiger partial charge in [0, 0.05) is 30.6 Å². The molecule has 1 aliphatic heterocycles. The number of hydrogen-bond donors (Lipinski definition) is 1. The van der Waals surface area contributed by atoms with Crippen LogP contribution >= 0.6 is 0 Å². The van der Waals surface area contributed by atoms with Gasteiger partial charge in [0.15, 0.2) is 12.4 Å². The molecule has 1 aromatic carbocycles. The molecule has 1 aliphatic rings. The summed E-state index contributed by atoms with van der Waals surface area (Å²) in [7, 11) is 0. The van der Waals surface area contributed by atoms with Gasteiger partial charge in [0.1, 0.15) is 0 Å². The predicted octanol–water partition coefficient (Wildman–Crippen LogP) is 2.56. The van der Waals surface area contributed by atoms with E-state index in [2.05, 4.69) is 12.1 Å². The largest absolute Gasteiger partial charge is 0.619 e. The van der Waals surface area contributed by atoms with Gasteiger partial charge in [-0.15, -0.1) is 0 Å². The number of carbonyl (C=O) groups is 1. The maximum absolute atomic E-state index is 12.7. The van der Waals surface area contributed by atoms with Gasteiger partial charge in [-0.1, -0.05) is 30.3 Å². The zero-order valence-electron chi connectivity index (χ0n) is 15.0. The number of amides is 1. The molecular formula is C21H26N2O3. The van der Waals surface area contributed by atoms with Crippen LogP contribution in [0, 0.1) is 10.6 Å². The van der Waals surface area contributed by atoms with Crippen LogP contribution < -0.4 is 4.73 Å². The SMILES string of the molecule is O=C(c1cc[n+]([O-])cc1)N1CCCC(CO)(CCCc2ccccc2)C1. The van der Waals surface area contributed by atoms with Crippen LogP contribution in [-0.4, -0.2) is 35.6 Å². The Balaban J connectivity index is 1.62. The summed E-state index contributed by atoms with van der Waals surface area (Å²) in [6.07, 6.45) is 7.40. The standard InChI is InChI=1S/C21H26N2O3/c24-17-21(11-4-8-18-6-2-1-3-7-18)12-5-13-22(16-21)20(25)19-9-14-23(26)15-10-19/h1-3,6-7,9-10,14-15,24H,4-5,8,11-13,16-17H2. The number of pyridine rings is 1. The predicted molar refractivity (Wildman–Crippen MR) is 99.4 cm³/mol. The highest BCUT2D eigenvalue weighted by Crippen LogP contribution is 2.35. The summed E-state index contributed by atoms with van der Waals surface area (Å²) in [6.45, 7) is 1.37. The number of aliphatic hydroxyl groups excluding tert-OH is 1. The molecular weight excluding hydrogens is 328 g/mol. The first-order valence-corrected chi connectivity index (χ1v) is 9.25. The van der Waals surface area contributed by atoms with E-state index < -0.39 is 0 Å². The quantitative estimate of drug-likeness (QED) is 0.640. The molecule has 5 heteroatoms. The van der Waals surface area contributed by atoms with E-state index in [-0.39, 0.29) is 17.9 Å². The number of benzene rings is 1. The van der Waals surface area contributed by atoms with Gasteiger partial charge in [-0.25, -0.2) is 0 Å². The third-order valence-electron chi connectivity index (χ3n) is 5.35.